The zero-order valence-electron chi connectivity index (χ0n) is 14.6. The summed E-state index contributed by atoms with van der Waals surface area (Å²) >= 11 is 3.23. The van der Waals surface area contributed by atoms with Crippen LogP contribution in [0.15, 0.2) is 51.7 Å². The lowest BCUT2D eigenvalue weighted by atomic mass is 10.0. The molecular formula is C18H14BrF3N4O3. The zero-order chi connectivity index (χ0) is 20.8. The Morgan fingerprint density at radius 3 is 2.86 bits per heavy atom. The quantitative estimate of drug-likeness (QED) is 0.475. The van der Waals surface area contributed by atoms with Gasteiger partial charge in [-0.05, 0) is 30.3 Å². The normalized spacial score (nSPS) is 18.8. The molecule has 29 heavy (non-hydrogen) atoms. The minimum absolute atomic E-state index is 0.0769. The van der Waals surface area contributed by atoms with E-state index in [9.17, 15) is 23.1 Å². The summed E-state index contributed by atoms with van der Waals surface area (Å²) in [5.41, 5.74) is 0.0185. The number of alkyl halides is 3. The standard InChI is InChI=1S/C18H14BrF3N4O3/c19-9-3-4-13(27)11(6-9)25-17(28)10-8-23-26-15(18(20,21)22)7-12(24-16(10)26)14-2-1-5-29-14/h1-6,8,12,15,24,27H,7H2,(H,25,28)/t12-,15+/m1/s1. The SMILES string of the molecule is O=C(Nc1cc(Br)ccc1O)c1cnn2c1N[C@@H](c1ccco1)C[C@H]2C(F)(F)F. The van der Waals surface area contributed by atoms with Crippen LogP contribution >= 0.6 is 15.9 Å². The predicted octanol–water partition coefficient (Wildman–Crippen LogP) is 4.86. The zero-order valence-corrected chi connectivity index (χ0v) is 16.2. The maximum Gasteiger partial charge on any atom is 0.410 e. The number of hydrogen-bond donors (Lipinski definition) is 3. The summed E-state index contributed by atoms with van der Waals surface area (Å²) in [5.74, 6) is -0.653. The number of benzene rings is 1. The van der Waals surface area contributed by atoms with Crippen molar-refractivity contribution in [2.75, 3.05) is 10.6 Å². The van der Waals surface area contributed by atoms with Crippen molar-refractivity contribution < 1.29 is 27.5 Å². The first kappa shape index (κ1) is 19.4. The van der Waals surface area contributed by atoms with Crippen molar-refractivity contribution in [3.63, 3.8) is 0 Å². The van der Waals surface area contributed by atoms with E-state index >= 15 is 0 Å². The van der Waals surface area contributed by atoms with Crippen LogP contribution in [0.1, 0.15) is 34.6 Å². The number of halogens is 4. The highest BCUT2D eigenvalue weighted by molar-refractivity contribution is 9.10. The van der Waals surface area contributed by atoms with Crippen molar-refractivity contribution in [2.45, 2.75) is 24.7 Å². The minimum atomic E-state index is -4.57. The molecule has 0 fully saturated rings. The van der Waals surface area contributed by atoms with Gasteiger partial charge in [-0.1, -0.05) is 15.9 Å². The average Bonchev–Trinajstić information content (AvgIpc) is 3.32. The fraction of sp³-hybridized carbons (Fsp3) is 0.222. The van der Waals surface area contributed by atoms with E-state index < -0.39 is 24.2 Å². The molecule has 11 heteroatoms. The van der Waals surface area contributed by atoms with E-state index in [1.165, 1.54) is 18.4 Å². The van der Waals surface area contributed by atoms with Gasteiger partial charge in [0.2, 0.25) is 0 Å². The molecule has 2 atom stereocenters. The monoisotopic (exact) mass is 470 g/mol. The lowest BCUT2D eigenvalue weighted by Crippen LogP contribution is -2.36. The fourth-order valence-corrected chi connectivity index (χ4v) is 3.56. The lowest BCUT2D eigenvalue weighted by molar-refractivity contribution is -0.174. The Kier molecular flexibility index (Phi) is 4.77. The minimum Gasteiger partial charge on any atom is -0.506 e. The van der Waals surface area contributed by atoms with Gasteiger partial charge in [0.25, 0.3) is 5.91 Å². The van der Waals surface area contributed by atoms with Gasteiger partial charge >= 0.3 is 6.18 Å². The molecule has 0 saturated heterocycles. The molecule has 3 N–H and O–H groups in total. The summed E-state index contributed by atoms with van der Waals surface area (Å²) in [4.78, 5) is 12.7. The van der Waals surface area contributed by atoms with E-state index in [2.05, 4.69) is 31.7 Å². The summed E-state index contributed by atoms with van der Waals surface area (Å²) in [5, 5.41) is 19.1. The van der Waals surface area contributed by atoms with Crippen LogP contribution in [-0.4, -0.2) is 27.0 Å². The van der Waals surface area contributed by atoms with Crippen molar-refractivity contribution in [1.29, 1.82) is 0 Å². The van der Waals surface area contributed by atoms with Crippen molar-refractivity contribution in [1.82, 2.24) is 9.78 Å². The Morgan fingerprint density at radius 1 is 1.38 bits per heavy atom. The van der Waals surface area contributed by atoms with Crippen LogP contribution in [0.25, 0.3) is 0 Å². The molecule has 0 spiro atoms. The van der Waals surface area contributed by atoms with E-state index in [-0.39, 0.29) is 29.2 Å². The van der Waals surface area contributed by atoms with Gasteiger partial charge in [0.1, 0.15) is 22.9 Å². The lowest BCUT2D eigenvalue weighted by Gasteiger charge is -2.32. The Morgan fingerprint density at radius 2 is 2.17 bits per heavy atom. The van der Waals surface area contributed by atoms with Crippen LogP contribution in [0.2, 0.25) is 0 Å². The van der Waals surface area contributed by atoms with Crippen LogP contribution in [-0.2, 0) is 0 Å². The number of nitrogens with one attached hydrogen (secondary N) is 2. The first-order chi connectivity index (χ1) is 13.7. The molecule has 0 bridgehead atoms. The van der Waals surface area contributed by atoms with E-state index in [0.717, 1.165) is 10.9 Å². The number of fused-ring (bicyclic) bond motifs is 1. The highest BCUT2D eigenvalue weighted by atomic mass is 79.9. The van der Waals surface area contributed by atoms with Crippen molar-refractivity contribution in [3.8, 4) is 5.75 Å². The maximum absolute atomic E-state index is 13.6. The molecule has 4 rings (SSSR count). The fourth-order valence-electron chi connectivity index (χ4n) is 3.20. The third-order valence-electron chi connectivity index (χ3n) is 4.58. The molecular weight excluding hydrogens is 457 g/mol. The van der Waals surface area contributed by atoms with Crippen LogP contribution in [0, 0.1) is 0 Å². The van der Waals surface area contributed by atoms with Crippen LogP contribution in [0.3, 0.4) is 0 Å². The number of nitrogens with zero attached hydrogens (tertiary/aromatic N) is 2. The Balaban J connectivity index is 1.70. The summed E-state index contributed by atoms with van der Waals surface area (Å²) in [6.07, 6.45) is -2.46. The van der Waals surface area contributed by atoms with E-state index in [1.54, 1.807) is 18.2 Å². The molecule has 0 unspecified atom stereocenters. The second-order valence-corrected chi connectivity index (χ2v) is 7.39. The van der Waals surface area contributed by atoms with Crippen molar-refractivity contribution in [2.24, 2.45) is 0 Å². The number of carbonyl (C=O) groups excluding carboxylic acids is 1. The maximum atomic E-state index is 13.6. The molecule has 152 valence electrons. The van der Waals surface area contributed by atoms with E-state index in [0.29, 0.717) is 10.2 Å². The topological polar surface area (TPSA) is 92.3 Å². The van der Waals surface area contributed by atoms with Gasteiger partial charge in [0.05, 0.1) is 24.2 Å². The van der Waals surface area contributed by atoms with Gasteiger partial charge in [0, 0.05) is 10.9 Å². The third kappa shape index (κ3) is 3.69. The van der Waals surface area contributed by atoms with Gasteiger partial charge in [-0.25, -0.2) is 4.68 Å². The highest BCUT2D eigenvalue weighted by Gasteiger charge is 2.47. The number of phenols is 1. The summed E-state index contributed by atoms with van der Waals surface area (Å²) in [7, 11) is 0. The van der Waals surface area contributed by atoms with E-state index in [4.69, 9.17) is 4.42 Å². The Labute approximate surface area is 170 Å². The number of rotatable bonds is 3. The second kappa shape index (κ2) is 7.14. The number of hydrogen-bond acceptors (Lipinski definition) is 5. The second-order valence-electron chi connectivity index (χ2n) is 6.47. The van der Waals surface area contributed by atoms with Crippen molar-refractivity contribution in [3.05, 3.63) is 58.6 Å². The number of aromatic nitrogens is 2. The summed E-state index contributed by atoms with van der Waals surface area (Å²) < 4.78 is 47.5. The Hall–Kier alpha value is -2.95. The van der Waals surface area contributed by atoms with Crippen LogP contribution in [0.5, 0.6) is 5.75 Å². The number of anilines is 2. The van der Waals surface area contributed by atoms with Gasteiger partial charge < -0.3 is 20.2 Å². The molecule has 0 radical (unpaired) electrons. The highest BCUT2D eigenvalue weighted by Crippen LogP contribution is 2.44. The third-order valence-corrected chi connectivity index (χ3v) is 5.07. The molecule has 1 amide bonds. The van der Waals surface area contributed by atoms with Gasteiger partial charge in [-0.3, -0.25) is 4.79 Å². The number of aromatic hydroxyl groups is 1. The molecule has 0 saturated carbocycles. The largest absolute Gasteiger partial charge is 0.506 e. The molecule has 3 aromatic rings. The van der Waals surface area contributed by atoms with Crippen molar-refractivity contribution >= 4 is 33.3 Å². The molecule has 1 aromatic carbocycles. The summed E-state index contributed by atoms with van der Waals surface area (Å²) in [6, 6.07) is 4.86. The van der Waals surface area contributed by atoms with Gasteiger partial charge in [0.15, 0.2) is 6.04 Å². The smallest absolute Gasteiger partial charge is 0.410 e. The summed E-state index contributed by atoms with van der Waals surface area (Å²) in [6.45, 7) is 0. The first-order valence-electron chi connectivity index (χ1n) is 8.48. The predicted molar refractivity (Wildman–Crippen MR) is 101 cm³/mol. The average molecular weight is 471 g/mol. The molecule has 1 aliphatic heterocycles. The molecule has 1 aliphatic rings. The molecule has 0 aliphatic carbocycles. The number of furan rings is 1. The number of amides is 1. The molecule has 2 aromatic heterocycles. The molecule has 7 nitrogen and oxygen atoms in total. The van der Waals surface area contributed by atoms with Gasteiger partial charge in [-0.2, -0.15) is 18.3 Å². The molecule has 3 heterocycles. The number of carbonyl (C=O) groups is 1. The van der Waals surface area contributed by atoms with Crippen LogP contribution < -0.4 is 10.6 Å². The Bertz CT molecular complexity index is 1050. The first-order valence-corrected chi connectivity index (χ1v) is 9.27. The number of phenolic OH excluding ortho intramolecular Hbond substituents is 1. The van der Waals surface area contributed by atoms with Crippen LogP contribution in [0.4, 0.5) is 24.7 Å². The van der Waals surface area contributed by atoms with E-state index in [1.807, 2.05) is 0 Å². The van der Waals surface area contributed by atoms with Gasteiger partial charge in [-0.15, -0.1) is 0 Å².